The largest absolute Gasteiger partial charge is 0.497 e. The molecular weight excluding hydrogens is 280 g/mol. The SMILES string of the molecule is COc1cc(NC(=O)Nc2ccc(C)cc2C)cc(OC)c1. The van der Waals surface area contributed by atoms with E-state index in [1.54, 1.807) is 32.4 Å². The smallest absolute Gasteiger partial charge is 0.323 e. The number of hydrogen-bond donors (Lipinski definition) is 2. The quantitative estimate of drug-likeness (QED) is 0.898. The molecule has 0 heterocycles. The Morgan fingerprint density at radius 2 is 1.55 bits per heavy atom. The first kappa shape index (κ1) is 15.7. The third-order valence-corrected chi connectivity index (χ3v) is 3.24. The summed E-state index contributed by atoms with van der Waals surface area (Å²) in [6.07, 6.45) is 0. The molecule has 22 heavy (non-hydrogen) atoms. The van der Waals surface area contributed by atoms with Crippen LogP contribution in [0.4, 0.5) is 16.2 Å². The third-order valence-electron chi connectivity index (χ3n) is 3.24. The summed E-state index contributed by atoms with van der Waals surface area (Å²) in [6.45, 7) is 3.97. The molecule has 2 N–H and O–H groups in total. The van der Waals surface area contributed by atoms with Crippen LogP contribution in [0.3, 0.4) is 0 Å². The summed E-state index contributed by atoms with van der Waals surface area (Å²) in [5.74, 6) is 1.22. The number of carbonyl (C=O) groups excluding carboxylic acids is 1. The van der Waals surface area contributed by atoms with Gasteiger partial charge in [0.2, 0.25) is 0 Å². The van der Waals surface area contributed by atoms with Crippen molar-refractivity contribution in [2.24, 2.45) is 0 Å². The second kappa shape index (κ2) is 6.85. The average molecular weight is 300 g/mol. The topological polar surface area (TPSA) is 59.6 Å². The van der Waals surface area contributed by atoms with Crippen molar-refractivity contribution in [3.63, 3.8) is 0 Å². The van der Waals surface area contributed by atoms with Crippen LogP contribution in [-0.4, -0.2) is 20.3 Å². The zero-order valence-electron chi connectivity index (χ0n) is 13.2. The number of ether oxygens (including phenoxy) is 2. The van der Waals surface area contributed by atoms with Gasteiger partial charge in [0.1, 0.15) is 11.5 Å². The van der Waals surface area contributed by atoms with Gasteiger partial charge in [0.05, 0.1) is 14.2 Å². The van der Waals surface area contributed by atoms with Crippen molar-refractivity contribution in [3.8, 4) is 11.5 Å². The number of anilines is 2. The molecular formula is C17H20N2O3. The number of aryl methyl sites for hydroxylation is 2. The van der Waals surface area contributed by atoms with Gasteiger partial charge in [-0.15, -0.1) is 0 Å². The first-order valence-electron chi connectivity index (χ1n) is 6.90. The van der Waals surface area contributed by atoms with E-state index in [0.29, 0.717) is 17.2 Å². The van der Waals surface area contributed by atoms with E-state index in [1.807, 2.05) is 32.0 Å². The standard InChI is InChI=1S/C17H20N2O3/c1-11-5-6-16(12(2)7-11)19-17(20)18-13-8-14(21-3)10-15(9-13)22-4/h5-10H,1-4H3,(H2,18,19,20). The van der Waals surface area contributed by atoms with Gasteiger partial charge in [0.25, 0.3) is 0 Å². The molecule has 0 saturated heterocycles. The minimum atomic E-state index is -0.317. The molecule has 116 valence electrons. The molecule has 0 saturated carbocycles. The molecule has 0 aliphatic heterocycles. The van der Waals surface area contributed by atoms with Crippen molar-refractivity contribution >= 4 is 17.4 Å². The number of nitrogens with one attached hydrogen (secondary N) is 2. The van der Waals surface area contributed by atoms with Gasteiger partial charge in [-0.2, -0.15) is 0 Å². The molecule has 2 aromatic carbocycles. The summed E-state index contributed by atoms with van der Waals surface area (Å²) in [6, 6.07) is 10.7. The molecule has 2 rings (SSSR count). The van der Waals surface area contributed by atoms with E-state index in [0.717, 1.165) is 16.8 Å². The van der Waals surface area contributed by atoms with Crippen LogP contribution in [0.15, 0.2) is 36.4 Å². The van der Waals surface area contributed by atoms with E-state index in [-0.39, 0.29) is 6.03 Å². The van der Waals surface area contributed by atoms with Crippen LogP contribution in [-0.2, 0) is 0 Å². The monoisotopic (exact) mass is 300 g/mol. The molecule has 5 heteroatoms. The van der Waals surface area contributed by atoms with Crippen LogP contribution >= 0.6 is 0 Å². The van der Waals surface area contributed by atoms with E-state index in [2.05, 4.69) is 10.6 Å². The average Bonchev–Trinajstić information content (AvgIpc) is 2.49. The van der Waals surface area contributed by atoms with Gasteiger partial charge in [-0.3, -0.25) is 0 Å². The maximum Gasteiger partial charge on any atom is 0.323 e. The highest BCUT2D eigenvalue weighted by atomic mass is 16.5. The van der Waals surface area contributed by atoms with Gasteiger partial charge >= 0.3 is 6.03 Å². The highest BCUT2D eigenvalue weighted by molar-refractivity contribution is 6.00. The maximum absolute atomic E-state index is 12.1. The second-order valence-electron chi connectivity index (χ2n) is 5.00. The van der Waals surface area contributed by atoms with Crippen LogP contribution in [0.25, 0.3) is 0 Å². The molecule has 0 aliphatic rings. The van der Waals surface area contributed by atoms with Crippen LogP contribution in [0.5, 0.6) is 11.5 Å². The summed E-state index contributed by atoms with van der Waals surface area (Å²) in [5.41, 5.74) is 3.54. The van der Waals surface area contributed by atoms with Gasteiger partial charge in [-0.1, -0.05) is 17.7 Å². The molecule has 0 unspecified atom stereocenters. The van der Waals surface area contributed by atoms with Crippen molar-refractivity contribution in [1.29, 1.82) is 0 Å². The summed E-state index contributed by atoms with van der Waals surface area (Å²) >= 11 is 0. The predicted molar refractivity (Wildman–Crippen MR) is 88.1 cm³/mol. The van der Waals surface area contributed by atoms with E-state index in [1.165, 1.54) is 0 Å². The lowest BCUT2D eigenvalue weighted by Gasteiger charge is -2.12. The van der Waals surface area contributed by atoms with Crippen molar-refractivity contribution in [3.05, 3.63) is 47.5 Å². The Morgan fingerprint density at radius 3 is 2.09 bits per heavy atom. The van der Waals surface area contributed by atoms with Crippen molar-refractivity contribution in [1.82, 2.24) is 0 Å². The van der Waals surface area contributed by atoms with Crippen molar-refractivity contribution in [2.75, 3.05) is 24.9 Å². The summed E-state index contributed by atoms with van der Waals surface area (Å²) in [4.78, 5) is 12.1. The lowest BCUT2D eigenvalue weighted by molar-refractivity contribution is 0.262. The van der Waals surface area contributed by atoms with E-state index in [9.17, 15) is 4.79 Å². The van der Waals surface area contributed by atoms with Gasteiger partial charge in [0, 0.05) is 29.6 Å². The van der Waals surface area contributed by atoms with Crippen LogP contribution in [0.1, 0.15) is 11.1 Å². The molecule has 0 spiro atoms. The number of benzene rings is 2. The van der Waals surface area contributed by atoms with Gasteiger partial charge < -0.3 is 20.1 Å². The molecule has 2 amide bonds. The Labute approximate surface area is 130 Å². The van der Waals surface area contributed by atoms with Crippen LogP contribution < -0.4 is 20.1 Å². The zero-order valence-corrected chi connectivity index (χ0v) is 13.2. The maximum atomic E-state index is 12.1. The Morgan fingerprint density at radius 1 is 0.909 bits per heavy atom. The fourth-order valence-corrected chi connectivity index (χ4v) is 2.12. The number of urea groups is 1. The first-order valence-corrected chi connectivity index (χ1v) is 6.90. The minimum Gasteiger partial charge on any atom is -0.497 e. The molecule has 0 fully saturated rings. The predicted octanol–water partition coefficient (Wildman–Crippen LogP) is 3.96. The molecule has 0 atom stereocenters. The Balaban J connectivity index is 2.11. The Kier molecular flexibility index (Phi) is 4.88. The highest BCUT2D eigenvalue weighted by Crippen LogP contribution is 2.26. The minimum absolute atomic E-state index is 0.317. The van der Waals surface area contributed by atoms with Crippen molar-refractivity contribution < 1.29 is 14.3 Å². The van der Waals surface area contributed by atoms with Gasteiger partial charge in [0.15, 0.2) is 0 Å². The third kappa shape index (κ3) is 3.91. The second-order valence-corrected chi connectivity index (χ2v) is 5.00. The van der Waals surface area contributed by atoms with E-state index >= 15 is 0 Å². The first-order chi connectivity index (χ1) is 10.5. The fourth-order valence-electron chi connectivity index (χ4n) is 2.12. The number of hydrogen-bond acceptors (Lipinski definition) is 3. The highest BCUT2D eigenvalue weighted by Gasteiger charge is 2.07. The van der Waals surface area contributed by atoms with E-state index < -0.39 is 0 Å². The van der Waals surface area contributed by atoms with E-state index in [4.69, 9.17) is 9.47 Å². The van der Waals surface area contributed by atoms with Crippen molar-refractivity contribution in [2.45, 2.75) is 13.8 Å². The molecule has 0 radical (unpaired) electrons. The van der Waals surface area contributed by atoms with Gasteiger partial charge in [-0.05, 0) is 25.5 Å². The molecule has 0 bridgehead atoms. The Bertz CT molecular complexity index is 661. The summed E-state index contributed by atoms with van der Waals surface area (Å²) < 4.78 is 10.4. The van der Waals surface area contributed by atoms with Gasteiger partial charge in [-0.25, -0.2) is 4.79 Å². The Hall–Kier alpha value is -2.69. The normalized spacial score (nSPS) is 10.0. The molecule has 0 aliphatic carbocycles. The molecule has 0 aromatic heterocycles. The lowest BCUT2D eigenvalue weighted by atomic mass is 10.1. The fraction of sp³-hybridized carbons (Fsp3) is 0.235. The number of carbonyl (C=O) groups is 1. The lowest BCUT2D eigenvalue weighted by Crippen LogP contribution is -2.20. The summed E-state index contributed by atoms with van der Waals surface area (Å²) in [7, 11) is 3.13. The van der Waals surface area contributed by atoms with Crippen LogP contribution in [0.2, 0.25) is 0 Å². The number of methoxy groups -OCH3 is 2. The number of rotatable bonds is 4. The summed E-state index contributed by atoms with van der Waals surface area (Å²) in [5, 5.41) is 5.60. The molecule has 5 nitrogen and oxygen atoms in total. The van der Waals surface area contributed by atoms with Crippen LogP contribution in [0, 0.1) is 13.8 Å². The number of amides is 2. The zero-order chi connectivity index (χ0) is 16.1. The molecule has 2 aromatic rings.